The summed E-state index contributed by atoms with van der Waals surface area (Å²) in [5.74, 6) is -0.0783. The number of benzene rings is 1. The first-order chi connectivity index (χ1) is 9.58. The van der Waals surface area contributed by atoms with Crippen LogP contribution >= 0.6 is 12.2 Å². The highest BCUT2D eigenvalue weighted by Gasteiger charge is 2.25. The van der Waals surface area contributed by atoms with E-state index in [9.17, 15) is 4.79 Å². The van der Waals surface area contributed by atoms with Gasteiger partial charge in [0.15, 0.2) is 6.10 Å². The fourth-order valence-corrected chi connectivity index (χ4v) is 2.18. The third-order valence-electron chi connectivity index (χ3n) is 3.10. The molecule has 1 saturated heterocycles. The van der Waals surface area contributed by atoms with Gasteiger partial charge in [-0.15, -0.1) is 0 Å². The summed E-state index contributed by atoms with van der Waals surface area (Å²) in [5.41, 5.74) is 7.38. The van der Waals surface area contributed by atoms with Crippen LogP contribution in [0.1, 0.15) is 11.1 Å². The Morgan fingerprint density at radius 1 is 1.50 bits per heavy atom. The van der Waals surface area contributed by atoms with Crippen LogP contribution in [-0.2, 0) is 20.8 Å². The molecule has 0 radical (unpaired) electrons. The molecule has 1 fully saturated rings. The van der Waals surface area contributed by atoms with Crippen LogP contribution in [0.3, 0.4) is 0 Å². The van der Waals surface area contributed by atoms with Crippen LogP contribution in [0.5, 0.6) is 0 Å². The van der Waals surface area contributed by atoms with Crippen molar-refractivity contribution in [3.8, 4) is 0 Å². The minimum absolute atomic E-state index is 0.0783. The van der Waals surface area contributed by atoms with E-state index in [4.69, 9.17) is 27.4 Å². The van der Waals surface area contributed by atoms with Gasteiger partial charge in [0.25, 0.3) is 5.91 Å². The minimum atomic E-state index is -0.507. The molecule has 0 spiro atoms. The molecule has 2 N–H and O–H groups in total. The van der Waals surface area contributed by atoms with Gasteiger partial charge in [-0.25, -0.2) is 0 Å². The molecule has 1 unspecified atom stereocenters. The number of ether oxygens (including phenoxy) is 2. The van der Waals surface area contributed by atoms with Crippen LogP contribution in [0.2, 0.25) is 0 Å². The van der Waals surface area contributed by atoms with Crippen molar-refractivity contribution in [2.24, 2.45) is 5.73 Å². The average molecular weight is 294 g/mol. The van der Waals surface area contributed by atoms with Crippen molar-refractivity contribution in [2.45, 2.75) is 12.6 Å². The van der Waals surface area contributed by atoms with Gasteiger partial charge in [0.1, 0.15) is 4.99 Å². The van der Waals surface area contributed by atoms with Crippen LogP contribution in [0.15, 0.2) is 24.3 Å². The van der Waals surface area contributed by atoms with Gasteiger partial charge >= 0.3 is 0 Å². The van der Waals surface area contributed by atoms with E-state index in [0.717, 1.165) is 11.1 Å². The number of hydrogen-bond donors (Lipinski definition) is 1. The van der Waals surface area contributed by atoms with Gasteiger partial charge in [-0.05, 0) is 11.6 Å². The summed E-state index contributed by atoms with van der Waals surface area (Å²) in [6.07, 6.45) is -0.507. The first kappa shape index (κ1) is 14.9. The fourth-order valence-electron chi connectivity index (χ4n) is 2.05. The molecule has 1 aromatic rings. The molecule has 1 aliphatic heterocycles. The second kappa shape index (κ2) is 6.78. The molecule has 6 heteroatoms. The zero-order valence-electron chi connectivity index (χ0n) is 11.4. The molecule has 108 valence electrons. The largest absolute Gasteiger partial charge is 0.389 e. The Kier molecular flexibility index (Phi) is 5.05. The first-order valence-corrected chi connectivity index (χ1v) is 6.82. The molecule has 1 amide bonds. The summed E-state index contributed by atoms with van der Waals surface area (Å²) < 4.78 is 10.7. The highest BCUT2D eigenvalue weighted by atomic mass is 32.1. The van der Waals surface area contributed by atoms with Crippen molar-refractivity contribution in [3.63, 3.8) is 0 Å². The van der Waals surface area contributed by atoms with Crippen LogP contribution in [0, 0.1) is 0 Å². The summed E-state index contributed by atoms with van der Waals surface area (Å²) in [6.45, 7) is 1.80. The molecular formula is C14H18N2O3S. The zero-order valence-corrected chi connectivity index (χ0v) is 12.2. The topological polar surface area (TPSA) is 64.8 Å². The lowest BCUT2D eigenvalue weighted by atomic mass is 10.1. The van der Waals surface area contributed by atoms with E-state index in [1.54, 1.807) is 11.9 Å². The van der Waals surface area contributed by atoms with Gasteiger partial charge in [0.2, 0.25) is 0 Å². The lowest BCUT2D eigenvalue weighted by Crippen LogP contribution is -2.43. The maximum Gasteiger partial charge on any atom is 0.254 e. The van der Waals surface area contributed by atoms with E-state index in [1.807, 2.05) is 24.3 Å². The molecule has 1 atom stereocenters. The standard InChI is InChI=1S/C14H18N2O3S/c1-16(14(17)12-9-18-5-6-19-12)8-10-3-2-4-11(7-10)13(15)20/h2-4,7,12H,5-6,8-9H2,1H3,(H2,15,20). The first-order valence-electron chi connectivity index (χ1n) is 6.41. The van der Waals surface area contributed by atoms with E-state index < -0.39 is 6.10 Å². The average Bonchev–Trinajstić information content (AvgIpc) is 2.47. The van der Waals surface area contributed by atoms with Crippen molar-refractivity contribution in [1.29, 1.82) is 0 Å². The fraction of sp³-hybridized carbons (Fsp3) is 0.429. The van der Waals surface area contributed by atoms with E-state index in [2.05, 4.69) is 0 Å². The Balaban J connectivity index is 1.99. The molecular weight excluding hydrogens is 276 g/mol. The van der Waals surface area contributed by atoms with Crippen molar-refractivity contribution in [2.75, 3.05) is 26.9 Å². The van der Waals surface area contributed by atoms with Crippen LogP contribution in [-0.4, -0.2) is 48.8 Å². The lowest BCUT2D eigenvalue weighted by molar-refractivity contribution is -0.157. The summed E-state index contributed by atoms with van der Waals surface area (Å²) in [5, 5.41) is 0. The lowest BCUT2D eigenvalue weighted by Gasteiger charge is -2.26. The monoisotopic (exact) mass is 294 g/mol. The van der Waals surface area contributed by atoms with Gasteiger partial charge in [-0.2, -0.15) is 0 Å². The van der Waals surface area contributed by atoms with E-state index in [1.165, 1.54) is 0 Å². The quantitative estimate of drug-likeness (QED) is 0.828. The van der Waals surface area contributed by atoms with Gasteiger partial charge in [0, 0.05) is 19.2 Å². The highest BCUT2D eigenvalue weighted by Crippen LogP contribution is 2.10. The molecule has 0 bridgehead atoms. The second-order valence-electron chi connectivity index (χ2n) is 4.69. The number of nitrogens with two attached hydrogens (primary N) is 1. The molecule has 0 aromatic heterocycles. The molecule has 5 nitrogen and oxygen atoms in total. The molecule has 2 rings (SSSR count). The molecule has 1 aromatic carbocycles. The van der Waals surface area contributed by atoms with Gasteiger partial charge < -0.3 is 20.1 Å². The van der Waals surface area contributed by atoms with Crippen molar-refractivity contribution < 1.29 is 14.3 Å². The predicted molar refractivity (Wildman–Crippen MR) is 79.4 cm³/mol. The van der Waals surface area contributed by atoms with Crippen LogP contribution < -0.4 is 5.73 Å². The summed E-state index contributed by atoms with van der Waals surface area (Å²) in [4.78, 5) is 14.2. The Labute approximate surface area is 123 Å². The SMILES string of the molecule is CN(Cc1cccc(C(N)=S)c1)C(=O)C1COCCO1. The number of hydrogen-bond acceptors (Lipinski definition) is 4. The second-order valence-corrected chi connectivity index (χ2v) is 5.13. The summed E-state index contributed by atoms with van der Waals surface area (Å²) in [7, 11) is 1.74. The Bertz CT molecular complexity index is 501. The summed E-state index contributed by atoms with van der Waals surface area (Å²) >= 11 is 4.95. The molecule has 1 aliphatic rings. The van der Waals surface area contributed by atoms with Crippen molar-refractivity contribution >= 4 is 23.1 Å². The van der Waals surface area contributed by atoms with Crippen molar-refractivity contribution in [3.05, 3.63) is 35.4 Å². The van der Waals surface area contributed by atoms with Gasteiger partial charge in [0.05, 0.1) is 19.8 Å². The van der Waals surface area contributed by atoms with Gasteiger partial charge in [-0.3, -0.25) is 4.79 Å². The third-order valence-corrected chi connectivity index (χ3v) is 3.33. The number of carbonyl (C=O) groups excluding carboxylic acids is 1. The maximum atomic E-state index is 12.2. The Morgan fingerprint density at radius 2 is 2.30 bits per heavy atom. The van der Waals surface area contributed by atoms with E-state index in [-0.39, 0.29) is 5.91 Å². The number of nitrogens with zero attached hydrogens (tertiary/aromatic N) is 1. The highest BCUT2D eigenvalue weighted by molar-refractivity contribution is 7.80. The van der Waals surface area contributed by atoms with Crippen LogP contribution in [0.4, 0.5) is 0 Å². The maximum absolute atomic E-state index is 12.2. The van der Waals surface area contributed by atoms with Gasteiger partial charge in [-0.1, -0.05) is 30.4 Å². The molecule has 0 aliphatic carbocycles. The number of rotatable bonds is 4. The van der Waals surface area contributed by atoms with E-state index >= 15 is 0 Å². The smallest absolute Gasteiger partial charge is 0.254 e. The number of likely N-dealkylation sites (N-methyl/N-ethyl adjacent to an activating group) is 1. The molecule has 20 heavy (non-hydrogen) atoms. The number of carbonyl (C=O) groups is 1. The Hall–Kier alpha value is -1.50. The van der Waals surface area contributed by atoms with Crippen molar-refractivity contribution in [1.82, 2.24) is 4.90 Å². The third kappa shape index (κ3) is 3.75. The minimum Gasteiger partial charge on any atom is -0.389 e. The Morgan fingerprint density at radius 3 is 2.95 bits per heavy atom. The van der Waals surface area contributed by atoms with Crippen LogP contribution in [0.25, 0.3) is 0 Å². The zero-order chi connectivity index (χ0) is 14.5. The predicted octanol–water partition coefficient (Wildman–Crippen LogP) is 0.695. The normalized spacial score (nSPS) is 18.6. The number of amides is 1. The molecule has 0 saturated carbocycles. The molecule has 1 heterocycles. The van der Waals surface area contributed by atoms with E-state index in [0.29, 0.717) is 31.4 Å². The number of thiocarbonyl (C=S) groups is 1. The summed E-state index contributed by atoms with van der Waals surface area (Å²) in [6, 6.07) is 7.56.